The number of nitrogens with zero attached hydrogens (tertiary/aromatic N) is 2. The van der Waals surface area contributed by atoms with Crippen molar-refractivity contribution in [2.75, 3.05) is 31.5 Å². The number of carbonyl (C=O) groups excluding carboxylic acids is 1. The van der Waals surface area contributed by atoms with E-state index in [1.165, 1.54) is 19.3 Å². The molecular weight excluding hydrogens is 262 g/mol. The van der Waals surface area contributed by atoms with E-state index in [4.69, 9.17) is 0 Å². The molecule has 21 heavy (non-hydrogen) atoms. The quantitative estimate of drug-likeness (QED) is 0.865. The molecule has 2 heterocycles. The van der Waals surface area contributed by atoms with E-state index in [0.29, 0.717) is 6.54 Å². The number of benzene rings is 1. The minimum Gasteiger partial charge on any atom is -0.378 e. The topological polar surface area (TPSA) is 44.7 Å². The number of fused-ring (bicyclic) bond motifs is 1. The van der Waals surface area contributed by atoms with Gasteiger partial charge in [-0.3, -0.25) is 14.7 Å². The molecule has 1 aromatic carbocycles. The van der Waals surface area contributed by atoms with Gasteiger partial charge >= 0.3 is 0 Å². The van der Waals surface area contributed by atoms with Crippen LogP contribution in [0.25, 0.3) is 0 Å². The van der Waals surface area contributed by atoms with Gasteiger partial charge in [-0.05, 0) is 50.0 Å². The van der Waals surface area contributed by atoms with Gasteiger partial charge in [-0.1, -0.05) is 13.3 Å². The van der Waals surface area contributed by atoms with E-state index in [-0.39, 0.29) is 5.78 Å². The molecule has 4 heteroatoms. The van der Waals surface area contributed by atoms with Gasteiger partial charge in [-0.15, -0.1) is 0 Å². The van der Waals surface area contributed by atoms with Crippen molar-refractivity contribution in [3.8, 4) is 0 Å². The third kappa shape index (κ3) is 3.16. The predicted octanol–water partition coefficient (Wildman–Crippen LogP) is 3.05. The van der Waals surface area contributed by atoms with Gasteiger partial charge in [0, 0.05) is 11.8 Å². The number of anilines is 1. The largest absolute Gasteiger partial charge is 0.378 e. The fourth-order valence-electron chi connectivity index (χ4n) is 3.12. The molecule has 2 aliphatic heterocycles. The molecule has 4 nitrogen and oxygen atoms in total. The molecule has 0 amide bonds. The number of ketones is 1. The summed E-state index contributed by atoms with van der Waals surface area (Å²) >= 11 is 0. The number of hydrogen-bond donors (Lipinski definition) is 1. The minimum atomic E-state index is 0.228. The lowest BCUT2D eigenvalue weighted by atomic mass is 10.0. The summed E-state index contributed by atoms with van der Waals surface area (Å²) in [4.78, 5) is 19.3. The van der Waals surface area contributed by atoms with Gasteiger partial charge in [0.2, 0.25) is 0 Å². The van der Waals surface area contributed by atoms with Crippen LogP contribution < -0.4 is 5.32 Å². The lowest BCUT2D eigenvalue weighted by Gasteiger charge is -2.26. The first-order valence-corrected chi connectivity index (χ1v) is 7.97. The Labute approximate surface area is 126 Å². The van der Waals surface area contributed by atoms with Gasteiger partial charge in [-0.25, -0.2) is 0 Å². The summed E-state index contributed by atoms with van der Waals surface area (Å²) in [6.45, 7) is 5.50. The monoisotopic (exact) mass is 285 g/mol. The van der Waals surface area contributed by atoms with Crippen molar-refractivity contribution in [2.45, 2.75) is 32.6 Å². The van der Waals surface area contributed by atoms with Gasteiger partial charge in [-0.2, -0.15) is 0 Å². The molecule has 1 N–H and O–H groups in total. The van der Waals surface area contributed by atoms with Crippen LogP contribution in [-0.4, -0.2) is 43.1 Å². The Kier molecular flexibility index (Phi) is 4.34. The molecule has 0 aliphatic carbocycles. The first kappa shape index (κ1) is 14.3. The Morgan fingerprint density at radius 3 is 2.86 bits per heavy atom. The predicted molar refractivity (Wildman–Crippen MR) is 87.1 cm³/mol. The second kappa shape index (κ2) is 6.39. The average Bonchev–Trinajstić information content (AvgIpc) is 2.54. The minimum absolute atomic E-state index is 0.228. The maximum absolute atomic E-state index is 12.6. The molecule has 1 aromatic rings. The van der Waals surface area contributed by atoms with E-state index in [1.807, 2.05) is 18.3 Å². The van der Waals surface area contributed by atoms with Crippen LogP contribution in [-0.2, 0) is 6.42 Å². The number of Topliss-reactive ketones (excluding diaryl/α,β-unsaturated/α-hetero) is 1. The molecular formula is C17H23N3O. The first-order valence-electron chi connectivity index (χ1n) is 7.97. The van der Waals surface area contributed by atoms with Gasteiger partial charge in [0.15, 0.2) is 5.78 Å². The van der Waals surface area contributed by atoms with Crippen molar-refractivity contribution in [2.24, 2.45) is 4.99 Å². The van der Waals surface area contributed by atoms with Gasteiger partial charge in [0.1, 0.15) is 0 Å². The Balaban J connectivity index is 1.81. The smallest absolute Gasteiger partial charge is 0.176 e. The number of nitrogens with one attached hydrogen (secondary N) is 1. The Morgan fingerprint density at radius 1 is 1.29 bits per heavy atom. The van der Waals surface area contributed by atoms with Crippen LogP contribution >= 0.6 is 0 Å². The molecule has 0 spiro atoms. The summed E-state index contributed by atoms with van der Waals surface area (Å²) in [5.41, 5.74) is 3.97. The third-order valence-electron chi connectivity index (χ3n) is 4.31. The molecule has 1 fully saturated rings. The second-order valence-corrected chi connectivity index (χ2v) is 5.84. The molecule has 0 bridgehead atoms. The van der Waals surface area contributed by atoms with Crippen LogP contribution in [0.15, 0.2) is 17.1 Å². The van der Waals surface area contributed by atoms with E-state index in [9.17, 15) is 4.79 Å². The Hall–Kier alpha value is -1.68. The SMILES string of the molecule is CCc1cc(C(=O)CN2CCCCC2)cc2c1N=CCN2. The fraction of sp³-hybridized carbons (Fsp3) is 0.529. The molecule has 0 atom stereocenters. The highest BCUT2D eigenvalue weighted by Gasteiger charge is 2.18. The molecule has 0 saturated carbocycles. The van der Waals surface area contributed by atoms with E-state index in [0.717, 1.165) is 48.6 Å². The van der Waals surface area contributed by atoms with E-state index in [1.54, 1.807) is 0 Å². The maximum atomic E-state index is 12.6. The number of likely N-dealkylation sites (tertiary alicyclic amines) is 1. The maximum Gasteiger partial charge on any atom is 0.176 e. The number of aliphatic imine (C=N–C) groups is 1. The van der Waals surface area contributed by atoms with Crippen molar-refractivity contribution in [3.63, 3.8) is 0 Å². The number of hydrogen-bond acceptors (Lipinski definition) is 4. The summed E-state index contributed by atoms with van der Waals surface area (Å²) in [7, 11) is 0. The van der Waals surface area contributed by atoms with Crippen LogP contribution in [0, 0.1) is 0 Å². The summed E-state index contributed by atoms with van der Waals surface area (Å²) in [5, 5.41) is 3.32. The van der Waals surface area contributed by atoms with Crippen LogP contribution in [0.1, 0.15) is 42.1 Å². The van der Waals surface area contributed by atoms with Crippen LogP contribution in [0.3, 0.4) is 0 Å². The molecule has 0 unspecified atom stereocenters. The van der Waals surface area contributed by atoms with Gasteiger partial charge in [0.05, 0.1) is 24.5 Å². The first-order chi connectivity index (χ1) is 10.3. The zero-order valence-electron chi connectivity index (χ0n) is 12.7. The molecule has 0 radical (unpaired) electrons. The van der Waals surface area contributed by atoms with Crippen LogP contribution in [0.2, 0.25) is 0 Å². The lowest BCUT2D eigenvalue weighted by Crippen LogP contribution is -2.34. The van der Waals surface area contributed by atoms with E-state index < -0.39 is 0 Å². The summed E-state index contributed by atoms with van der Waals surface area (Å²) in [6.07, 6.45) is 6.51. The van der Waals surface area contributed by atoms with E-state index >= 15 is 0 Å². The number of carbonyl (C=O) groups is 1. The Morgan fingerprint density at radius 2 is 2.10 bits per heavy atom. The number of piperidine rings is 1. The lowest BCUT2D eigenvalue weighted by molar-refractivity contribution is 0.0915. The average molecular weight is 285 g/mol. The highest BCUT2D eigenvalue weighted by atomic mass is 16.1. The highest BCUT2D eigenvalue weighted by molar-refractivity contribution is 6.00. The molecule has 112 valence electrons. The van der Waals surface area contributed by atoms with Gasteiger partial charge < -0.3 is 5.32 Å². The summed E-state index contributed by atoms with van der Waals surface area (Å²) in [6, 6.07) is 3.99. The normalized spacial score (nSPS) is 18.1. The van der Waals surface area contributed by atoms with Crippen molar-refractivity contribution in [1.29, 1.82) is 0 Å². The summed E-state index contributed by atoms with van der Waals surface area (Å²) in [5.74, 6) is 0.228. The van der Waals surface area contributed by atoms with Crippen LogP contribution in [0.4, 0.5) is 11.4 Å². The van der Waals surface area contributed by atoms with Crippen molar-refractivity contribution in [1.82, 2.24) is 4.90 Å². The highest BCUT2D eigenvalue weighted by Crippen LogP contribution is 2.33. The zero-order chi connectivity index (χ0) is 14.7. The van der Waals surface area contributed by atoms with Gasteiger partial charge in [0.25, 0.3) is 0 Å². The number of aryl methyl sites for hydroxylation is 1. The second-order valence-electron chi connectivity index (χ2n) is 5.84. The van der Waals surface area contributed by atoms with Crippen molar-refractivity contribution in [3.05, 3.63) is 23.3 Å². The molecule has 1 saturated heterocycles. The molecule has 0 aromatic heterocycles. The van der Waals surface area contributed by atoms with Crippen molar-refractivity contribution >= 4 is 23.4 Å². The van der Waals surface area contributed by atoms with Crippen molar-refractivity contribution < 1.29 is 4.79 Å². The third-order valence-corrected chi connectivity index (χ3v) is 4.31. The molecule has 2 aliphatic rings. The zero-order valence-corrected chi connectivity index (χ0v) is 12.7. The number of rotatable bonds is 4. The molecule has 3 rings (SSSR count). The Bertz CT molecular complexity index is 559. The fourth-order valence-corrected chi connectivity index (χ4v) is 3.12. The standard InChI is InChI=1S/C17H23N3O/c1-2-13-10-14(11-15-17(13)19-7-6-18-15)16(21)12-20-8-4-3-5-9-20/h7,10-11,18H,2-6,8-9,12H2,1H3. The summed E-state index contributed by atoms with van der Waals surface area (Å²) < 4.78 is 0. The van der Waals surface area contributed by atoms with E-state index in [2.05, 4.69) is 22.1 Å². The van der Waals surface area contributed by atoms with Crippen LogP contribution in [0.5, 0.6) is 0 Å².